The van der Waals surface area contributed by atoms with Gasteiger partial charge in [0.15, 0.2) is 0 Å². The molecule has 5 nitrogen and oxygen atoms in total. The number of nitrogens with zero attached hydrogens (tertiary/aromatic N) is 1. The number of carbonyl (C=O) groups excluding carboxylic acids is 1. The van der Waals surface area contributed by atoms with Gasteiger partial charge in [-0.15, -0.1) is 0 Å². The highest BCUT2D eigenvalue weighted by Gasteiger charge is 1.99. The van der Waals surface area contributed by atoms with Crippen LogP contribution < -0.4 is 15.8 Å². The number of benzene rings is 1. The molecule has 1 aromatic carbocycles. The van der Waals surface area contributed by atoms with Gasteiger partial charge in [-0.05, 0) is 29.8 Å². The molecular weight excluding hydrogens is 230 g/mol. The highest BCUT2D eigenvalue weighted by Crippen LogP contribution is 2.14. The maximum Gasteiger partial charge on any atom is 0.316 e. The molecular formula is C13H13N3O2. The van der Waals surface area contributed by atoms with Crippen LogP contribution in [0.3, 0.4) is 0 Å². The summed E-state index contributed by atoms with van der Waals surface area (Å²) >= 11 is 0. The Kier molecular flexibility index (Phi) is 3.76. The number of hydrogen-bond acceptors (Lipinski definition) is 3. The minimum Gasteiger partial charge on any atom is -0.489 e. The SMILES string of the molecule is NC(=O)Nc1cccc(COc2ccncc2)c1. The van der Waals surface area contributed by atoms with E-state index < -0.39 is 6.03 Å². The van der Waals surface area contributed by atoms with Gasteiger partial charge in [0, 0.05) is 18.1 Å². The zero-order valence-corrected chi connectivity index (χ0v) is 9.67. The first-order valence-electron chi connectivity index (χ1n) is 5.42. The number of pyridine rings is 1. The number of rotatable bonds is 4. The lowest BCUT2D eigenvalue weighted by molar-refractivity contribution is 0.259. The van der Waals surface area contributed by atoms with E-state index in [9.17, 15) is 4.79 Å². The second-order valence-electron chi connectivity index (χ2n) is 3.66. The zero-order valence-electron chi connectivity index (χ0n) is 9.67. The Morgan fingerprint density at radius 2 is 2.06 bits per heavy atom. The summed E-state index contributed by atoms with van der Waals surface area (Å²) in [5, 5.41) is 2.52. The van der Waals surface area contributed by atoms with Crippen LogP contribution in [0, 0.1) is 0 Å². The largest absolute Gasteiger partial charge is 0.489 e. The lowest BCUT2D eigenvalue weighted by atomic mass is 10.2. The van der Waals surface area contributed by atoms with Crippen LogP contribution in [0.25, 0.3) is 0 Å². The molecule has 0 aliphatic carbocycles. The van der Waals surface area contributed by atoms with Crippen LogP contribution in [-0.2, 0) is 6.61 Å². The minimum atomic E-state index is -0.581. The van der Waals surface area contributed by atoms with Crippen LogP contribution in [0.4, 0.5) is 10.5 Å². The Labute approximate surface area is 105 Å². The maximum atomic E-state index is 10.7. The molecule has 0 fully saturated rings. The molecule has 18 heavy (non-hydrogen) atoms. The Balaban J connectivity index is 1.99. The maximum absolute atomic E-state index is 10.7. The summed E-state index contributed by atoms with van der Waals surface area (Å²) in [6.07, 6.45) is 3.33. The van der Waals surface area contributed by atoms with E-state index >= 15 is 0 Å². The van der Waals surface area contributed by atoms with Crippen LogP contribution >= 0.6 is 0 Å². The Hall–Kier alpha value is -2.56. The fourth-order valence-corrected chi connectivity index (χ4v) is 1.48. The van der Waals surface area contributed by atoms with Gasteiger partial charge < -0.3 is 15.8 Å². The normalized spacial score (nSPS) is 9.78. The number of carbonyl (C=O) groups is 1. The van der Waals surface area contributed by atoms with Crippen molar-refractivity contribution in [3.8, 4) is 5.75 Å². The third-order valence-electron chi connectivity index (χ3n) is 2.25. The van der Waals surface area contributed by atoms with Crippen LogP contribution in [-0.4, -0.2) is 11.0 Å². The molecule has 92 valence electrons. The number of ether oxygens (including phenoxy) is 1. The molecule has 0 atom stereocenters. The average Bonchev–Trinajstić information content (AvgIpc) is 2.37. The summed E-state index contributed by atoms with van der Waals surface area (Å²) in [5.74, 6) is 0.748. The number of nitrogens with two attached hydrogens (primary N) is 1. The van der Waals surface area contributed by atoms with E-state index in [-0.39, 0.29) is 0 Å². The van der Waals surface area contributed by atoms with Crippen molar-refractivity contribution in [1.29, 1.82) is 0 Å². The van der Waals surface area contributed by atoms with E-state index in [2.05, 4.69) is 10.3 Å². The number of primary amides is 1. The van der Waals surface area contributed by atoms with E-state index in [0.29, 0.717) is 12.3 Å². The van der Waals surface area contributed by atoms with Crippen molar-refractivity contribution >= 4 is 11.7 Å². The molecule has 2 rings (SSSR count). The third kappa shape index (κ3) is 3.48. The summed E-state index contributed by atoms with van der Waals surface area (Å²) < 4.78 is 5.57. The van der Waals surface area contributed by atoms with Crippen molar-refractivity contribution in [2.24, 2.45) is 5.73 Å². The summed E-state index contributed by atoms with van der Waals surface area (Å²) in [4.78, 5) is 14.6. The average molecular weight is 243 g/mol. The van der Waals surface area contributed by atoms with Crippen molar-refractivity contribution in [1.82, 2.24) is 4.98 Å². The molecule has 2 aromatic rings. The second kappa shape index (κ2) is 5.67. The highest BCUT2D eigenvalue weighted by atomic mass is 16.5. The topological polar surface area (TPSA) is 77.2 Å². The van der Waals surface area contributed by atoms with Crippen LogP contribution in [0.5, 0.6) is 5.75 Å². The predicted molar refractivity (Wildman–Crippen MR) is 68.2 cm³/mol. The second-order valence-corrected chi connectivity index (χ2v) is 3.66. The Bertz CT molecular complexity index is 529. The quantitative estimate of drug-likeness (QED) is 0.863. The number of aromatic nitrogens is 1. The molecule has 0 aliphatic heterocycles. The molecule has 1 aromatic heterocycles. The molecule has 0 saturated heterocycles. The van der Waals surface area contributed by atoms with E-state index in [0.717, 1.165) is 11.3 Å². The number of hydrogen-bond donors (Lipinski definition) is 2. The molecule has 3 N–H and O–H groups in total. The molecule has 5 heteroatoms. The van der Waals surface area contributed by atoms with Crippen molar-refractivity contribution < 1.29 is 9.53 Å². The number of nitrogens with one attached hydrogen (secondary N) is 1. The van der Waals surface area contributed by atoms with E-state index in [1.807, 2.05) is 18.2 Å². The van der Waals surface area contributed by atoms with Gasteiger partial charge in [-0.2, -0.15) is 0 Å². The zero-order chi connectivity index (χ0) is 12.8. The van der Waals surface area contributed by atoms with Gasteiger partial charge in [-0.3, -0.25) is 4.98 Å². The Morgan fingerprint density at radius 3 is 2.78 bits per heavy atom. The van der Waals surface area contributed by atoms with Crippen molar-refractivity contribution in [2.75, 3.05) is 5.32 Å². The van der Waals surface area contributed by atoms with E-state index in [1.165, 1.54) is 0 Å². The molecule has 0 saturated carbocycles. The van der Waals surface area contributed by atoms with Crippen molar-refractivity contribution in [2.45, 2.75) is 6.61 Å². The summed E-state index contributed by atoms with van der Waals surface area (Å²) in [5.41, 5.74) is 6.65. The van der Waals surface area contributed by atoms with Gasteiger partial charge in [0.1, 0.15) is 12.4 Å². The number of anilines is 1. The monoisotopic (exact) mass is 243 g/mol. The van der Waals surface area contributed by atoms with Gasteiger partial charge in [-0.25, -0.2) is 4.79 Å². The first-order valence-corrected chi connectivity index (χ1v) is 5.42. The lowest BCUT2D eigenvalue weighted by Crippen LogP contribution is -2.19. The molecule has 1 heterocycles. The van der Waals surface area contributed by atoms with Gasteiger partial charge in [0.05, 0.1) is 0 Å². The molecule has 0 unspecified atom stereocenters. The van der Waals surface area contributed by atoms with E-state index in [4.69, 9.17) is 10.5 Å². The van der Waals surface area contributed by atoms with Gasteiger partial charge >= 0.3 is 6.03 Å². The summed E-state index contributed by atoms with van der Waals surface area (Å²) in [6.45, 7) is 0.415. The summed E-state index contributed by atoms with van der Waals surface area (Å²) in [7, 11) is 0. The third-order valence-corrected chi connectivity index (χ3v) is 2.25. The first kappa shape index (κ1) is 11.9. The highest BCUT2D eigenvalue weighted by molar-refractivity contribution is 5.87. The molecule has 0 radical (unpaired) electrons. The standard InChI is InChI=1S/C13H13N3O2/c14-13(17)16-11-3-1-2-10(8-11)9-18-12-4-6-15-7-5-12/h1-8H,9H2,(H3,14,16,17). The molecule has 0 aliphatic rings. The fraction of sp³-hybridized carbons (Fsp3) is 0.0769. The number of amides is 2. The van der Waals surface area contributed by atoms with Gasteiger partial charge in [0.2, 0.25) is 0 Å². The van der Waals surface area contributed by atoms with Crippen LogP contribution in [0.15, 0.2) is 48.8 Å². The van der Waals surface area contributed by atoms with Gasteiger partial charge in [0.25, 0.3) is 0 Å². The lowest BCUT2D eigenvalue weighted by Gasteiger charge is -2.07. The summed E-state index contributed by atoms with van der Waals surface area (Å²) in [6, 6.07) is 10.3. The van der Waals surface area contributed by atoms with Crippen LogP contribution in [0.2, 0.25) is 0 Å². The van der Waals surface area contributed by atoms with Crippen molar-refractivity contribution in [3.05, 3.63) is 54.4 Å². The molecule has 0 bridgehead atoms. The predicted octanol–water partition coefficient (Wildman–Crippen LogP) is 2.15. The molecule has 0 spiro atoms. The smallest absolute Gasteiger partial charge is 0.316 e. The van der Waals surface area contributed by atoms with E-state index in [1.54, 1.807) is 30.6 Å². The van der Waals surface area contributed by atoms with Crippen molar-refractivity contribution in [3.63, 3.8) is 0 Å². The van der Waals surface area contributed by atoms with Crippen LogP contribution in [0.1, 0.15) is 5.56 Å². The Morgan fingerprint density at radius 1 is 1.28 bits per heavy atom. The first-order chi connectivity index (χ1) is 8.74. The van der Waals surface area contributed by atoms with Gasteiger partial charge in [-0.1, -0.05) is 12.1 Å². The molecule has 2 amide bonds. The minimum absolute atomic E-state index is 0.415. The fourth-order valence-electron chi connectivity index (χ4n) is 1.48. The number of urea groups is 1.